The lowest BCUT2D eigenvalue weighted by Crippen LogP contribution is -1.70. The van der Waals surface area contributed by atoms with Crippen LogP contribution in [0.15, 0.2) is 140 Å². The van der Waals surface area contributed by atoms with Crippen LogP contribution in [0.25, 0.3) is 32.3 Å². The van der Waals surface area contributed by atoms with E-state index in [0.29, 0.717) is 5.75 Å². The first-order valence-electron chi connectivity index (χ1n) is 10.4. The second-order valence-electron chi connectivity index (χ2n) is 7.19. The minimum absolute atomic E-state index is 0.350. The summed E-state index contributed by atoms with van der Waals surface area (Å²) < 4.78 is 0. The van der Waals surface area contributed by atoms with Crippen LogP contribution < -0.4 is 0 Å². The van der Waals surface area contributed by atoms with Crippen LogP contribution in [0.1, 0.15) is 0 Å². The lowest BCUT2D eigenvalue weighted by Gasteiger charge is -1.97. The van der Waals surface area contributed by atoms with Gasteiger partial charge in [-0.3, -0.25) is 0 Å². The van der Waals surface area contributed by atoms with Crippen molar-refractivity contribution in [3.05, 3.63) is 140 Å². The van der Waals surface area contributed by atoms with Crippen molar-refractivity contribution in [2.24, 2.45) is 0 Å². The molecule has 6 aromatic carbocycles. The second kappa shape index (κ2) is 10.1. The van der Waals surface area contributed by atoms with Gasteiger partial charge in [0.25, 0.3) is 0 Å². The van der Waals surface area contributed by atoms with Gasteiger partial charge in [0.2, 0.25) is 0 Å². The zero-order valence-corrected chi connectivity index (χ0v) is 17.2. The highest BCUT2D eigenvalue weighted by molar-refractivity contribution is 5.87. The Labute approximate surface area is 182 Å². The van der Waals surface area contributed by atoms with Crippen LogP contribution >= 0.6 is 0 Å². The number of benzene rings is 6. The van der Waals surface area contributed by atoms with Crippen LogP contribution in [0, 0.1) is 0 Å². The first kappa shape index (κ1) is 20.2. The van der Waals surface area contributed by atoms with E-state index < -0.39 is 0 Å². The molecule has 6 aromatic rings. The van der Waals surface area contributed by atoms with Gasteiger partial charge in [0.05, 0.1) is 0 Å². The minimum Gasteiger partial charge on any atom is -0.507 e. The van der Waals surface area contributed by atoms with Crippen molar-refractivity contribution in [3.8, 4) is 5.75 Å². The molecule has 0 bridgehead atoms. The summed E-state index contributed by atoms with van der Waals surface area (Å²) in [6.07, 6.45) is 0. The van der Waals surface area contributed by atoms with Gasteiger partial charge in [-0.25, -0.2) is 0 Å². The predicted octanol–water partition coefficient (Wildman–Crippen LogP) is 8.23. The van der Waals surface area contributed by atoms with Gasteiger partial charge in [-0.15, -0.1) is 0 Å². The van der Waals surface area contributed by atoms with Crippen molar-refractivity contribution in [3.63, 3.8) is 0 Å². The Morgan fingerprint density at radius 2 is 0.581 bits per heavy atom. The molecule has 1 nitrogen and oxygen atoms in total. The maximum atomic E-state index is 9.37. The van der Waals surface area contributed by atoms with E-state index in [1.165, 1.54) is 21.5 Å². The third kappa shape index (κ3) is 5.29. The molecule has 0 saturated heterocycles. The third-order valence-electron chi connectivity index (χ3n) is 5.08. The number of phenolic OH excluding ortho intramolecular Hbond substituents is 1. The zero-order valence-electron chi connectivity index (χ0n) is 17.2. The summed E-state index contributed by atoms with van der Waals surface area (Å²) in [5.41, 5.74) is 0. The van der Waals surface area contributed by atoms with Gasteiger partial charge in [0.1, 0.15) is 5.75 Å². The van der Waals surface area contributed by atoms with E-state index >= 15 is 0 Å². The lowest BCUT2D eigenvalue weighted by atomic mass is 10.1. The van der Waals surface area contributed by atoms with E-state index in [-0.39, 0.29) is 0 Å². The fraction of sp³-hybridized carbons (Fsp3) is 0. The number of rotatable bonds is 0. The summed E-state index contributed by atoms with van der Waals surface area (Å²) in [5, 5.41) is 16.6. The Kier molecular flexibility index (Phi) is 6.57. The average molecular weight is 401 g/mol. The van der Waals surface area contributed by atoms with Crippen LogP contribution in [-0.2, 0) is 0 Å². The van der Waals surface area contributed by atoms with Crippen LogP contribution in [0.4, 0.5) is 0 Å². The molecule has 1 N–H and O–H groups in total. The van der Waals surface area contributed by atoms with Crippen LogP contribution in [0.5, 0.6) is 5.75 Å². The third-order valence-corrected chi connectivity index (χ3v) is 5.08. The maximum Gasteiger partial charge on any atom is 0.123 e. The zero-order chi connectivity index (χ0) is 21.3. The van der Waals surface area contributed by atoms with Crippen molar-refractivity contribution in [2.45, 2.75) is 0 Å². The van der Waals surface area contributed by atoms with Crippen molar-refractivity contribution in [2.75, 3.05) is 0 Å². The van der Waals surface area contributed by atoms with Gasteiger partial charge >= 0.3 is 0 Å². The standard InChI is InChI=1S/C10H8O.2C10H8/c11-10-7-3-5-8-4-1-2-6-9(8)10;2*1-2-6-10-8-4-3-7-9(10)5-1/h1-7,11H;2*1-8H. The molecule has 0 spiro atoms. The molecule has 0 aromatic heterocycles. The Balaban J connectivity index is 0.000000112. The van der Waals surface area contributed by atoms with Gasteiger partial charge in [-0.05, 0) is 33.0 Å². The summed E-state index contributed by atoms with van der Waals surface area (Å²) in [6.45, 7) is 0. The Hall–Kier alpha value is -4.10. The molecular formula is C30H24O. The normalized spacial score (nSPS) is 10.1. The van der Waals surface area contributed by atoms with Crippen LogP contribution in [0.3, 0.4) is 0 Å². The molecule has 0 radical (unpaired) electrons. The first-order chi connectivity index (χ1) is 15.3. The summed E-state index contributed by atoms with van der Waals surface area (Å²) >= 11 is 0. The molecule has 0 aliphatic rings. The lowest BCUT2D eigenvalue weighted by molar-refractivity contribution is 0.481. The molecule has 1 heteroatoms. The van der Waals surface area contributed by atoms with Gasteiger partial charge < -0.3 is 5.11 Å². The molecule has 0 fully saturated rings. The largest absolute Gasteiger partial charge is 0.507 e. The summed E-state index contributed by atoms with van der Waals surface area (Å²) in [5.74, 6) is 0.350. The molecule has 31 heavy (non-hydrogen) atoms. The number of hydrogen-bond acceptors (Lipinski definition) is 1. The van der Waals surface area contributed by atoms with Crippen LogP contribution in [-0.4, -0.2) is 5.11 Å². The molecule has 0 aliphatic heterocycles. The molecule has 0 aliphatic carbocycles. The van der Waals surface area contributed by atoms with E-state index in [1.807, 2.05) is 36.4 Å². The molecular weight excluding hydrogens is 376 g/mol. The van der Waals surface area contributed by atoms with Gasteiger partial charge in [0, 0.05) is 5.39 Å². The van der Waals surface area contributed by atoms with Gasteiger partial charge in [-0.2, -0.15) is 0 Å². The summed E-state index contributed by atoms with van der Waals surface area (Å²) in [4.78, 5) is 0. The molecule has 0 saturated carbocycles. The van der Waals surface area contributed by atoms with E-state index in [0.717, 1.165) is 10.8 Å². The summed E-state index contributed by atoms with van der Waals surface area (Å²) in [6, 6.07) is 46.7. The molecule has 0 heterocycles. The number of hydrogen-bond donors (Lipinski definition) is 1. The topological polar surface area (TPSA) is 20.2 Å². The Morgan fingerprint density at radius 3 is 0.935 bits per heavy atom. The highest BCUT2D eigenvalue weighted by Gasteiger charge is 1.94. The fourth-order valence-corrected chi connectivity index (χ4v) is 3.47. The van der Waals surface area contributed by atoms with E-state index in [4.69, 9.17) is 0 Å². The molecule has 0 amide bonds. The first-order valence-corrected chi connectivity index (χ1v) is 10.4. The smallest absolute Gasteiger partial charge is 0.123 e. The van der Waals surface area contributed by atoms with Crippen molar-refractivity contribution < 1.29 is 5.11 Å². The fourth-order valence-electron chi connectivity index (χ4n) is 3.47. The number of fused-ring (bicyclic) bond motifs is 3. The Bertz CT molecular complexity index is 1190. The number of phenols is 1. The van der Waals surface area contributed by atoms with Crippen molar-refractivity contribution in [1.29, 1.82) is 0 Å². The monoisotopic (exact) mass is 400 g/mol. The molecule has 0 atom stereocenters. The molecule has 150 valence electrons. The van der Waals surface area contributed by atoms with E-state index in [1.54, 1.807) is 6.07 Å². The van der Waals surface area contributed by atoms with Gasteiger partial charge in [-0.1, -0.05) is 133 Å². The van der Waals surface area contributed by atoms with E-state index in [9.17, 15) is 5.11 Å². The van der Waals surface area contributed by atoms with Crippen molar-refractivity contribution in [1.82, 2.24) is 0 Å². The average Bonchev–Trinajstić information content (AvgIpc) is 2.85. The SMILES string of the molecule is Oc1cccc2ccccc12.c1ccc2ccccc2c1.c1ccc2ccccc2c1. The van der Waals surface area contributed by atoms with Crippen LogP contribution in [0.2, 0.25) is 0 Å². The van der Waals surface area contributed by atoms with Gasteiger partial charge in [0.15, 0.2) is 0 Å². The minimum atomic E-state index is 0.350. The van der Waals surface area contributed by atoms with Crippen molar-refractivity contribution >= 4 is 32.3 Å². The molecule has 0 unspecified atom stereocenters. The second-order valence-corrected chi connectivity index (χ2v) is 7.19. The summed E-state index contributed by atoms with van der Waals surface area (Å²) in [7, 11) is 0. The maximum absolute atomic E-state index is 9.37. The Morgan fingerprint density at radius 1 is 0.290 bits per heavy atom. The number of aromatic hydroxyl groups is 1. The quantitative estimate of drug-likeness (QED) is 0.272. The van der Waals surface area contributed by atoms with E-state index in [2.05, 4.69) is 97.1 Å². The highest BCUT2D eigenvalue weighted by atomic mass is 16.3. The highest BCUT2D eigenvalue weighted by Crippen LogP contribution is 2.23. The predicted molar refractivity (Wildman–Crippen MR) is 134 cm³/mol. The molecule has 6 rings (SSSR count).